The second-order valence-electron chi connectivity index (χ2n) is 6.78. The molecule has 2 unspecified atom stereocenters. The van der Waals surface area contributed by atoms with Crippen LogP contribution in [0.4, 0.5) is 5.82 Å². The molecular formula is C17H30N4. The van der Waals surface area contributed by atoms with Crippen molar-refractivity contribution in [1.29, 1.82) is 0 Å². The van der Waals surface area contributed by atoms with Crippen molar-refractivity contribution in [2.24, 2.45) is 5.92 Å². The Hall–Kier alpha value is -1.13. The van der Waals surface area contributed by atoms with E-state index in [4.69, 9.17) is 4.98 Å². The van der Waals surface area contributed by atoms with Crippen molar-refractivity contribution < 1.29 is 0 Å². The highest BCUT2D eigenvalue weighted by molar-refractivity contribution is 5.40. The van der Waals surface area contributed by atoms with E-state index in [0.29, 0.717) is 18.0 Å². The minimum absolute atomic E-state index is 0.568. The van der Waals surface area contributed by atoms with Crippen LogP contribution in [0.3, 0.4) is 0 Å². The van der Waals surface area contributed by atoms with Crippen molar-refractivity contribution in [3.05, 3.63) is 23.9 Å². The van der Waals surface area contributed by atoms with E-state index in [0.717, 1.165) is 37.7 Å². The molecule has 21 heavy (non-hydrogen) atoms. The van der Waals surface area contributed by atoms with Crippen LogP contribution in [0, 0.1) is 5.92 Å². The summed E-state index contributed by atoms with van der Waals surface area (Å²) in [4.78, 5) is 9.70. The number of likely N-dealkylation sites (N-methyl/N-ethyl adjacent to an activating group) is 1. The van der Waals surface area contributed by atoms with Crippen molar-refractivity contribution in [2.45, 2.75) is 46.3 Å². The number of hydrogen-bond acceptors (Lipinski definition) is 4. The van der Waals surface area contributed by atoms with Crippen LogP contribution in [-0.2, 0) is 6.54 Å². The summed E-state index contributed by atoms with van der Waals surface area (Å²) in [7, 11) is 2.21. The quantitative estimate of drug-likeness (QED) is 0.902. The standard InChI is InChI=1S/C17H30N4/c1-13(2)9-18-10-16-7-6-8-17(19-16)21-11-14(3)20(5)15(4)12-21/h6-8,13-15,18H,9-12H2,1-5H3. The van der Waals surface area contributed by atoms with Crippen LogP contribution in [0.5, 0.6) is 0 Å². The molecule has 1 aliphatic heterocycles. The molecule has 0 saturated carbocycles. The number of hydrogen-bond donors (Lipinski definition) is 1. The lowest BCUT2D eigenvalue weighted by molar-refractivity contribution is 0.169. The first-order chi connectivity index (χ1) is 9.97. The third kappa shape index (κ3) is 4.42. The number of anilines is 1. The highest BCUT2D eigenvalue weighted by atomic mass is 15.3. The molecule has 4 heteroatoms. The maximum atomic E-state index is 4.83. The van der Waals surface area contributed by atoms with Gasteiger partial charge in [0, 0.05) is 31.7 Å². The van der Waals surface area contributed by atoms with Gasteiger partial charge in [0.2, 0.25) is 0 Å². The zero-order chi connectivity index (χ0) is 15.4. The zero-order valence-electron chi connectivity index (χ0n) is 14.1. The topological polar surface area (TPSA) is 31.4 Å². The molecule has 1 aromatic heterocycles. The molecule has 0 radical (unpaired) electrons. The Morgan fingerprint density at radius 3 is 2.52 bits per heavy atom. The molecule has 0 spiro atoms. The Bertz CT molecular complexity index is 434. The molecule has 2 atom stereocenters. The summed E-state index contributed by atoms with van der Waals surface area (Å²) in [6.07, 6.45) is 0. The summed E-state index contributed by atoms with van der Waals surface area (Å²) in [5.41, 5.74) is 1.13. The summed E-state index contributed by atoms with van der Waals surface area (Å²) in [6, 6.07) is 7.51. The maximum Gasteiger partial charge on any atom is 0.128 e. The summed E-state index contributed by atoms with van der Waals surface area (Å²) in [5.74, 6) is 1.79. The first-order valence-electron chi connectivity index (χ1n) is 8.11. The number of nitrogens with one attached hydrogen (secondary N) is 1. The van der Waals surface area contributed by atoms with Crippen molar-refractivity contribution in [1.82, 2.24) is 15.2 Å². The largest absolute Gasteiger partial charge is 0.353 e. The minimum atomic E-state index is 0.568. The van der Waals surface area contributed by atoms with E-state index in [1.54, 1.807) is 0 Å². The van der Waals surface area contributed by atoms with Gasteiger partial charge in [-0.05, 0) is 45.5 Å². The van der Waals surface area contributed by atoms with E-state index < -0.39 is 0 Å². The predicted molar refractivity (Wildman–Crippen MR) is 89.7 cm³/mol. The minimum Gasteiger partial charge on any atom is -0.353 e. The number of nitrogens with zero attached hydrogens (tertiary/aromatic N) is 3. The molecule has 1 aromatic rings. The van der Waals surface area contributed by atoms with Gasteiger partial charge in [0.25, 0.3) is 0 Å². The van der Waals surface area contributed by atoms with Crippen molar-refractivity contribution in [2.75, 3.05) is 31.6 Å². The smallest absolute Gasteiger partial charge is 0.128 e. The van der Waals surface area contributed by atoms with Crippen LogP contribution in [-0.4, -0.2) is 48.6 Å². The van der Waals surface area contributed by atoms with Gasteiger partial charge in [-0.1, -0.05) is 19.9 Å². The molecular weight excluding hydrogens is 260 g/mol. The van der Waals surface area contributed by atoms with Gasteiger partial charge in [0.05, 0.1) is 5.69 Å². The average Bonchev–Trinajstić information content (AvgIpc) is 2.44. The highest BCUT2D eigenvalue weighted by Gasteiger charge is 2.27. The van der Waals surface area contributed by atoms with Gasteiger partial charge in [-0.2, -0.15) is 0 Å². The number of aromatic nitrogens is 1. The van der Waals surface area contributed by atoms with E-state index in [1.807, 2.05) is 0 Å². The van der Waals surface area contributed by atoms with Gasteiger partial charge in [-0.25, -0.2) is 4.98 Å². The van der Waals surface area contributed by atoms with Crippen LogP contribution in [0.2, 0.25) is 0 Å². The zero-order valence-corrected chi connectivity index (χ0v) is 14.1. The van der Waals surface area contributed by atoms with Crippen LogP contribution < -0.4 is 10.2 Å². The molecule has 2 heterocycles. The third-order valence-electron chi connectivity index (χ3n) is 4.33. The predicted octanol–water partition coefficient (Wildman–Crippen LogP) is 2.36. The van der Waals surface area contributed by atoms with Crippen LogP contribution in [0.15, 0.2) is 18.2 Å². The molecule has 0 amide bonds. The molecule has 118 valence electrons. The molecule has 2 rings (SSSR count). The van der Waals surface area contributed by atoms with Gasteiger partial charge in [0.1, 0.15) is 5.82 Å². The van der Waals surface area contributed by atoms with Crippen molar-refractivity contribution in [3.63, 3.8) is 0 Å². The van der Waals surface area contributed by atoms with Gasteiger partial charge in [0.15, 0.2) is 0 Å². The lowest BCUT2D eigenvalue weighted by atomic mass is 10.1. The maximum absolute atomic E-state index is 4.83. The Morgan fingerprint density at radius 2 is 1.90 bits per heavy atom. The molecule has 0 aliphatic carbocycles. The fourth-order valence-electron chi connectivity index (χ4n) is 2.82. The molecule has 0 aromatic carbocycles. The summed E-state index contributed by atoms with van der Waals surface area (Å²) in [5, 5.41) is 3.47. The normalized spacial score (nSPS) is 23.8. The van der Waals surface area contributed by atoms with E-state index in [9.17, 15) is 0 Å². The van der Waals surface area contributed by atoms with Crippen molar-refractivity contribution >= 4 is 5.82 Å². The third-order valence-corrected chi connectivity index (χ3v) is 4.33. The Morgan fingerprint density at radius 1 is 1.24 bits per heavy atom. The number of piperazine rings is 1. The number of rotatable bonds is 5. The SMILES string of the molecule is CC(C)CNCc1cccc(N2CC(C)N(C)C(C)C2)n1. The first kappa shape index (κ1) is 16.2. The van der Waals surface area contributed by atoms with Gasteiger partial charge in [-0.3, -0.25) is 4.90 Å². The summed E-state index contributed by atoms with van der Waals surface area (Å²) in [6.45, 7) is 13.0. The summed E-state index contributed by atoms with van der Waals surface area (Å²) >= 11 is 0. The monoisotopic (exact) mass is 290 g/mol. The summed E-state index contributed by atoms with van der Waals surface area (Å²) < 4.78 is 0. The number of pyridine rings is 1. The second kappa shape index (κ2) is 7.23. The Balaban J connectivity index is 2.00. The molecule has 1 aliphatic rings. The fourth-order valence-corrected chi connectivity index (χ4v) is 2.82. The van der Waals surface area contributed by atoms with Crippen LogP contribution >= 0.6 is 0 Å². The Labute approximate surface area is 129 Å². The molecule has 0 bridgehead atoms. The van der Waals surface area contributed by atoms with Crippen LogP contribution in [0.1, 0.15) is 33.4 Å². The molecule has 1 N–H and O–H groups in total. The van der Waals surface area contributed by atoms with E-state index in [1.165, 1.54) is 0 Å². The molecule has 4 nitrogen and oxygen atoms in total. The lowest BCUT2D eigenvalue weighted by Gasteiger charge is -2.43. The average molecular weight is 290 g/mol. The first-order valence-corrected chi connectivity index (χ1v) is 8.11. The second-order valence-corrected chi connectivity index (χ2v) is 6.78. The van der Waals surface area contributed by atoms with Crippen LogP contribution in [0.25, 0.3) is 0 Å². The van der Waals surface area contributed by atoms with Gasteiger partial charge >= 0.3 is 0 Å². The Kier molecular flexibility index (Phi) is 5.59. The van der Waals surface area contributed by atoms with E-state index in [-0.39, 0.29) is 0 Å². The van der Waals surface area contributed by atoms with Gasteiger partial charge < -0.3 is 10.2 Å². The lowest BCUT2D eigenvalue weighted by Crippen LogP contribution is -2.55. The molecule has 1 saturated heterocycles. The van der Waals surface area contributed by atoms with Crippen molar-refractivity contribution in [3.8, 4) is 0 Å². The molecule has 1 fully saturated rings. The fraction of sp³-hybridized carbons (Fsp3) is 0.706. The van der Waals surface area contributed by atoms with Gasteiger partial charge in [-0.15, -0.1) is 0 Å². The highest BCUT2D eigenvalue weighted by Crippen LogP contribution is 2.19. The van der Waals surface area contributed by atoms with E-state index in [2.05, 4.69) is 68.1 Å². The van der Waals surface area contributed by atoms with E-state index >= 15 is 0 Å².